The number of hydrogen-bond acceptors (Lipinski definition) is 3. The number of halogens is 3. The van der Waals surface area contributed by atoms with Gasteiger partial charge in [-0.1, -0.05) is 30.3 Å². The van der Waals surface area contributed by atoms with Gasteiger partial charge < -0.3 is 10.0 Å². The third-order valence-electron chi connectivity index (χ3n) is 4.45. The predicted molar refractivity (Wildman–Crippen MR) is 84.1 cm³/mol. The number of rotatable bonds is 4. The number of carboxylic acid groups (broad SMARTS) is 1. The lowest BCUT2D eigenvalue weighted by Crippen LogP contribution is -2.33. The van der Waals surface area contributed by atoms with Crippen LogP contribution in [0.3, 0.4) is 0 Å². The summed E-state index contributed by atoms with van der Waals surface area (Å²) in [5, 5.41) is 12.8. The molecule has 2 atom stereocenters. The lowest BCUT2D eigenvalue weighted by atomic mass is 9.89. The van der Waals surface area contributed by atoms with E-state index in [1.165, 1.54) is 4.90 Å². The molecule has 1 amide bonds. The predicted octanol–water partition coefficient (Wildman–Crippen LogP) is 2.23. The molecule has 1 aromatic carbocycles. The van der Waals surface area contributed by atoms with E-state index in [1.54, 1.807) is 24.3 Å². The molecule has 0 unspecified atom stereocenters. The van der Waals surface area contributed by atoms with Gasteiger partial charge in [0.05, 0.1) is 5.92 Å². The first-order valence-corrected chi connectivity index (χ1v) is 7.92. The number of nitrogens with zero attached hydrogens (tertiary/aromatic N) is 3. The average molecular weight is 367 g/mol. The Morgan fingerprint density at radius 3 is 2.42 bits per heavy atom. The summed E-state index contributed by atoms with van der Waals surface area (Å²) in [7, 11) is 0. The third-order valence-corrected chi connectivity index (χ3v) is 4.45. The first-order chi connectivity index (χ1) is 12.3. The summed E-state index contributed by atoms with van der Waals surface area (Å²) >= 11 is 0. The van der Waals surface area contributed by atoms with Crippen molar-refractivity contribution < 1.29 is 27.9 Å². The minimum Gasteiger partial charge on any atom is -0.481 e. The van der Waals surface area contributed by atoms with Crippen molar-refractivity contribution in [2.45, 2.75) is 18.6 Å². The van der Waals surface area contributed by atoms with E-state index >= 15 is 0 Å². The zero-order valence-electron chi connectivity index (χ0n) is 13.6. The second-order valence-electron chi connectivity index (χ2n) is 6.16. The van der Waals surface area contributed by atoms with E-state index in [1.807, 2.05) is 6.07 Å². The summed E-state index contributed by atoms with van der Waals surface area (Å²) in [6.07, 6.45) is -3.49. The van der Waals surface area contributed by atoms with Gasteiger partial charge in [0, 0.05) is 25.2 Å². The second kappa shape index (κ2) is 6.81. The number of carbonyl (C=O) groups is 2. The van der Waals surface area contributed by atoms with Crippen molar-refractivity contribution >= 4 is 11.9 Å². The number of alkyl halides is 3. The van der Waals surface area contributed by atoms with E-state index in [0.29, 0.717) is 0 Å². The van der Waals surface area contributed by atoms with Crippen LogP contribution in [0.1, 0.15) is 17.2 Å². The molecule has 138 valence electrons. The van der Waals surface area contributed by atoms with Crippen LogP contribution in [0.5, 0.6) is 0 Å². The van der Waals surface area contributed by atoms with Gasteiger partial charge in [0.25, 0.3) is 0 Å². The van der Waals surface area contributed by atoms with Crippen LogP contribution in [-0.2, 0) is 22.3 Å². The topological polar surface area (TPSA) is 75.4 Å². The van der Waals surface area contributed by atoms with Crippen LogP contribution in [0.25, 0.3) is 0 Å². The Balaban J connectivity index is 1.72. The fraction of sp³-hybridized carbons (Fsp3) is 0.353. The Bertz CT molecular complexity index is 804. The molecule has 26 heavy (non-hydrogen) atoms. The van der Waals surface area contributed by atoms with Gasteiger partial charge in [0.1, 0.15) is 6.54 Å². The maximum atomic E-state index is 12.6. The standard InChI is InChI=1S/C17H16F3N3O3/c18-17(19,20)14-6-7-23(21-14)10-15(24)22-8-12(13(9-22)16(25)26)11-4-2-1-3-5-11/h1-7,12-13H,8-10H2,(H,25,26)/t12-,13+/m0/s1. The SMILES string of the molecule is O=C(O)[C@@H]1CN(C(=O)Cn2ccc(C(F)(F)F)n2)C[C@H]1c1ccccc1. The van der Waals surface area contributed by atoms with E-state index in [4.69, 9.17) is 0 Å². The molecule has 0 saturated carbocycles. The summed E-state index contributed by atoms with van der Waals surface area (Å²) in [5.41, 5.74) is -0.258. The summed E-state index contributed by atoms with van der Waals surface area (Å²) in [5.74, 6) is -2.59. The van der Waals surface area contributed by atoms with E-state index in [2.05, 4.69) is 5.10 Å². The molecule has 9 heteroatoms. The molecule has 1 aromatic heterocycles. The molecule has 1 aliphatic rings. The molecule has 0 spiro atoms. The van der Waals surface area contributed by atoms with Crippen molar-refractivity contribution in [1.29, 1.82) is 0 Å². The van der Waals surface area contributed by atoms with E-state index in [0.717, 1.165) is 22.5 Å². The van der Waals surface area contributed by atoms with Crippen LogP contribution in [0.2, 0.25) is 0 Å². The molecule has 3 rings (SSSR count). The summed E-state index contributed by atoms with van der Waals surface area (Å²) in [6.45, 7) is -0.155. The lowest BCUT2D eigenvalue weighted by molar-refractivity contribution is -0.143. The average Bonchev–Trinajstić information content (AvgIpc) is 3.22. The van der Waals surface area contributed by atoms with Gasteiger partial charge in [0.2, 0.25) is 5.91 Å². The van der Waals surface area contributed by atoms with Crippen LogP contribution < -0.4 is 0 Å². The van der Waals surface area contributed by atoms with Gasteiger partial charge in [-0.3, -0.25) is 14.3 Å². The Kier molecular flexibility index (Phi) is 4.71. The molecule has 0 bridgehead atoms. The van der Waals surface area contributed by atoms with E-state index in [9.17, 15) is 27.9 Å². The highest BCUT2D eigenvalue weighted by Crippen LogP contribution is 2.33. The Morgan fingerprint density at radius 1 is 1.15 bits per heavy atom. The summed E-state index contributed by atoms with van der Waals surface area (Å²) in [6, 6.07) is 9.80. The molecule has 2 aromatic rings. The van der Waals surface area contributed by atoms with Crippen LogP contribution in [0.4, 0.5) is 13.2 Å². The van der Waals surface area contributed by atoms with Crippen molar-refractivity contribution in [1.82, 2.24) is 14.7 Å². The van der Waals surface area contributed by atoms with Gasteiger partial charge in [-0.2, -0.15) is 18.3 Å². The minimum absolute atomic E-state index is 0.0150. The normalized spacial score (nSPS) is 20.3. The lowest BCUT2D eigenvalue weighted by Gasteiger charge is -2.16. The number of carboxylic acids is 1. The molecule has 1 aliphatic heterocycles. The van der Waals surface area contributed by atoms with Gasteiger partial charge in [-0.05, 0) is 11.6 Å². The van der Waals surface area contributed by atoms with Crippen LogP contribution in [0.15, 0.2) is 42.6 Å². The van der Waals surface area contributed by atoms with Crippen LogP contribution in [0, 0.1) is 5.92 Å². The number of hydrogen-bond donors (Lipinski definition) is 1. The number of aliphatic carboxylic acids is 1. The fourth-order valence-corrected chi connectivity index (χ4v) is 3.14. The number of benzene rings is 1. The highest BCUT2D eigenvalue weighted by atomic mass is 19.4. The highest BCUT2D eigenvalue weighted by Gasteiger charge is 2.40. The molecule has 2 heterocycles. The van der Waals surface area contributed by atoms with Crippen molar-refractivity contribution in [2.24, 2.45) is 5.92 Å². The first kappa shape index (κ1) is 18.0. The van der Waals surface area contributed by atoms with Gasteiger partial charge in [-0.15, -0.1) is 0 Å². The van der Waals surface area contributed by atoms with Gasteiger partial charge >= 0.3 is 12.1 Å². The summed E-state index contributed by atoms with van der Waals surface area (Å²) < 4.78 is 38.7. The molecule has 6 nitrogen and oxygen atoms in total. The fourth-order valence-electron chi connectivity index (χ4n) is 3.14. The van der Waals surface area contributed by atoms with Gasteiger partial charge in [-0.25, -0.2) is 0 Å². The second-order valence-corrected chi connectivity index (χ2v) is 6.16. The van der Waals surface area contributed by atoms with E-state index < -0.39 is 29.7 Å². The number of amides is 1. The first-order valence-electron chi connectivity index (χ1n) is 7.92. The van der Waals surface area contributed by atoms with E-state index in [-0.39, 0.29) is 25.6 Å². The Hall–Kier alpha value is -2.84. The molecule has 1 saturated heterocycles. The molecule has 1 N–H and O–H groups in total. The van der Waals surface area contributed by atoms with Crippen LogP contribution >= 0.6 is 0 Å². The molecule has 0 radical (unpaired) electrons. The van der Waals surface area contributed by atoms with Crippen LogP contribution in [-0.4, -0.2) is 44.8 Å². The third kappa shape index (κ3) is 3.71. The quantitative estimate of drug-likeness (QED) is 0.899. The number of likely N-dealkylation sites (tertiary alicyclic amines) is 1. The largest absolute Gasteiger partial charge is 0.481 e. The van der Waals surface area contributed by atoms with Gasteiger partial charge in [0.15, 0.2) is 5.69 Å². The smallest absolute Gasteiger partial charge is 0.435 e. The zero-order chi connectivity index (χ0) is 18.9. The van der Waals surface area contributed by atoms with Crippen molar-refractivity contribution in [2.75, 3.05) is 13.1 Å². The molecular weight excluding hydrogens is 351 g/mol. The minimum atomic E-state index is -4.57. The maximum absolute atomic E-state index is 12.6. The molecule has 0 aliphatic carbocycles. The monoisotopic (exact) mass is 367 g/mol. The highest BCUT2D eigenvalue weighted by molar-refractivity contribution is 5.79. The zero-order valence-corrected chi connectivity index (χ0v) is 13.6. The number of carbonyl (C=O) groups excluding carboxylic acids is 1. The van der Waals surface area contributed by atoms with Crippen molar-refractivity contribution in [3.8, 4) is 0 Å². The maximum Gasteiger partial charge on any atom is 0.435 e. The molecule has 1 fully saturated rings. The summed E-state index contributed by atoms with van der Waals surface area (Å²) in [4.78, 5) is 25.3. The Morgan fingerprint density at radius 2 is 1.85 bits per heavy atom. The van der Waals surface area contributed by atoms with Crippen molar-refractivity contribution in [3.63, 3.8) is 0 Å². The number of aromatic nitrogens is 2. The Labute approximate surface area is 146 Å². The molecular formula is C17H16F3N3O3. The van der Waals surface area contributed by atoms with Crippen molar-refractivity contribution in [3.05, 3.63) is 53.9 Å².